The second kappa shape index (κ2) is 8.12. The fourth-order valence-corrected chi connectivity index (χ4v) is 3.72. The van der Waals surface area contributed by atoms with Crippen molar-refractivity contribution in [1.82, 2.24) is 0 Å². The van der Waals surface area contributed by atoms with Crippen molar-refractivity contribution in [3.05, 3.63) is 59.7 Å². The van der Waals surface area contributed by atoms with Crippen molar-refractivity contribution in [3.63, 3.8) is 0 Å². The Kier molecular flexibility index (Phi) is 5.84. The molecule has 0 radical (unpaired) electrons. The van der Waals surface area contributed by atoms with E-state index >= 15 is 0 Å². The van der Waals surface area contributed by atoms with Crippen molar-refractivity contribution in [1.29, 1.82) is 0 Å². The summed E-state index contributed by atoms with van der Waals surface area (Å²) in [5, 5.41) is 10.9. The van der Waals surface area contributed by atoms with Crippen LogP contribution in [0.5, 0.6) is 5.75 Å². The Morgan fingerprint density at radius 1 is 1.00 bits per heavy atom. The molecule has 1 aliphatic carbocycles. The van der Waals surface area contributed by atoms with Gasteiger partial charge in [-0.05, 0) is 47.1 Å². The summed E-state index contributed by atoms with van der Waals surface area (Å²) in [6.45, 7) is 10.2. The monoisotopic (exact) mass is 361 g/mol. The number of phenols is 1. The van der Waals surface area contributed by atoms with Crippen LogP contribution in [0.3, 0.4) is 0 Å². The first-order valence-electron chi connectivity index (χ1n) is 10.0. The van der Waals surface area contributed by atoms with Crippen molar-refractivity contribution in [2.24, 2.45) is 4.99 Å². The van der Waals surface area contributed by atoms with Crippen molar-refractivity contribution in [2.75, 3.05) is 0 Å². The number of benzene rings is 2. The van der Waals surface area contributed by atoms with Gasteiger partial charge in [-0.1, -0.05) is 77.0 Å². The van der Waals surface area contributed by atoms with Crippen LogP contribution in [0.25, 0.3) is 17.2 Å². The first kappa shape index (κ1) is 19.4. The average molecular weight is 362 g/mol. The minimum Gasteiger partial charge on any atom is -0.507 e. The van der Waals surface area contributed by atoms with E-state index in [-0.39, 0.29) is 5.41 Å². The van der Waals surface area contributed by atoms with Crippen LogP contribution in [-0.4, -0.2) is 17.4 Å². The van der Waals surface area contributed by atoms with Gasteiger partial charge in [0, 0.05) is 23.4 Å². The van der Waals surface area contributed by atoms with Gasteiger partial charge in [0.15, 0.2) is 0 Å². The summed E-state index contributed by atoms with van der Waals surface area (Å²) in [6.07, 6.45) is 9.90. The van der Waals surface area contributed by atoms with Crippen LogP contribution in [0, 0.1) is 0 Å². The van der Waals surface area contributed by atoms with Crippen molar-refractivity contribution in [2.45, 2.75) is 64.3 Å². The zero-order chi connectivity index (χ0) is 19.4. The number of phenolic OH excluding ortho intramolecular Hbond substituents is 1. The summed E-state index contributed by atoms with van der Waals surface area (Å²) < 4.78 is 0. The van der Waals surface area contributed by atoms with Gasteiger partial charge in [-0.25, -0.2) is 0 Å². The second-order valence-corrected chi connectivity index (χ2v) is 8.61. The molecule has 2 nitrogen and oxygen atoms in total. The lowest BCUT2D eigenvalue weighted by Crippen LogP contribution is -2.13. The minimum atomic E-state index is -0.144. The molecule has 2 aromatic carbocycles. The number of hydrogen-bond acceptors (Lipinski definition) is 2. The molecule has 0 spiro atoms. The minimum absolute atomic E-state index is 0.144. The van der Waals surface area contributed by atoms with E-state index in [9.17, 15) is 5.11 Å². The number of nitrogens with zero attached hydrogens (tertiary/aromatic N) is 1. The van der Waals surface area contributed by atoms with E-state index < -0.39 is 0 Å². The molecular formula is C25H31NO. The molecule has 2 aromatic rings. The normalized spacial score (nSPS) is 16.0. The molecule has 1 saturated carbocycles. The topological polar surface area (TPSA) is 32.6 Å². The van der Waals surface area contributed by atoms with Crippen LogP contribution in [0.2, 0.25) is 0 Å². The number of aliphatic imine (C=N–C) groups is 1. The Morgan fingerprint density at radius 3 is 2.26 bits per heavy atom. The van der Waals surface area contributed by atoms with Crippen LogP contribution in [-0.2, 0) is 5.41 Å². The van der Waals surface area contributed by atoms with Crippen LogP contribution in [0.4, 0.5) is 0 Å². The molecule has 0 heterocycles. The van der Waals surface area contributed by atoms with Crippen LogP contribution in [0.15, 0.2) is 48.0 Å². The van der Waals surface area contributed by atoms with Crippen LogP contribution in [0.1, 0.15) is 69.6 Å². The van der Waals surface area contributed by atoms with Crippen LogP contribution < -0.4 is 0 Å². The lowest BCUT2D eigenvalue weighted by atomic mass is 9.83. The Morgan fingerprint density at radius 2 is 1.67 bits per heavy atom. The molecule has 0 bridgehead atoms. The van der Waals surface area contributed by atoms with Gasteiger partial charge in [0.2, 0.25) is 0 Å². The summed E-state index contributed by atoms with van der Waals surface area (Å²) in [5.74, 6) is 0.355. The van der Waals surface area contributed by atoms with E-state index in [2.05, 4.69) is 63.7 Å². The third kappa shape index (κ3) is 4.68. The predicted octanol–water partition coefficient (Wildman–Crippen LogP) is 6.75. The SMILES string of the molecule is C=Cc1ccc(-c2cc(C=NC3CCCCC3)c(O)c(C(C)(C)C)c2)cc1. The molecule has 1 aliphatic rings. The highest BCUT2D eigenvalue weighted by Gasteiger charge is 2.21. The largest absolute Gasteiger partial charge is 0.507 e. The smallest absolute Gasteiger partial charge is 0.128 e. The van der Waals surface area contributed by atoms with Gasteiger partial charge in [-0.15, -0.1) is 0 Å². The standard InChI is InChI=1S/C25H31NO/c1-5-18-11-13-19(14-12-18)20-15-21(17-26-22-9-7-6-8-10-22)24(27)23(16-20)25(2,3)4/h5,11-17,22,27H,1,6-10H2,2-4H3. The van der Waals surface area contributed by atoms with Crippen molar-refractivity contribution in [3.8, 4) is 16.9 Å². The Balaban J connectivity index is 2.02. The molecule has 0 amide bonds. The molecule has 142 valence electrons. The van der Waals surface area contributed by atoms with Gasteiger partial charge in [0.25, 0.3) is 0 Å². The van der Waals surface area contributed by atoms with Gasteiger partial charge in [0.05, 0.1) is 0 Å². The summed E-state index contributed by atoms with van der Waals surface area (Å²) in [6, 6.07) is 12.9. The fourth-order valence-electron chi connectivity index (χ4n) is 3.72. The third-order valence-electron chi connectivity index (χ3n) is 5.43. The number of rotatable bonds is 4. The van der Waals surface area contributed by atoms with E-state index in [1.165, 1.54) is 19.3 Å². The van der Waals surface area contributed by atoms with E-state index in [0.29, 0.717) is 11.8 Å². The fraction of sp³-hybridized carbons (Fsp3) is 0.400. The maximum Gasteiger partial charge on any atom is 0.128 e. The van der Waals surface area contributed by atoms with Crippen LogP contribution >= 0.6 is 0 Å². The molecular weight excluding hydrogens is 330 g/mol. The third-order valence-corrected chi connectivity index (χ3v) is 5.43. The Hall–Kier alpha value is -2.35. The molecule has 1 N–H and O–H groups in total. The van der Waals surface area contributed by atoms with Gasteiger partial charge in [-0.2, -0.15) is 0 Å². The Bertz CT molecular complexity index is 819. The molecule has 0 aromatic heterocycles. The molecule has 0 saturated heterocycles. The van der Waals surface area contributed by atoms with Gasteiger partial charge in [0.1, 0.15) is 5.75 Å². The highest BCUT2D eigenvalue weighted by molar-refractivity contribution is 5.87. The first-order chi connectivity index (χ1) is 12.9. The second-order valence-electron chi connectivity index (χ2n) is 8.61. The van der Waals surface area contributed by atoms with Crippen molar-refractivity contribution >= 4 is 12.3 Å². The zero-order valence-electron chi connectivity index (χ0n) is 16.8. The molecule has 27 heavy (non-hydrogen) atoms. The number of hydrogen-bond donors (Lipinski definition) is 1. The molecule has 0 aliphatic heterocycles. The van der Waals surface area contributed by atoms with Crippen molar-refractivity contribution < 1.29 is 5.11 Å². The van der Waals surface area contributed by atoms with Gasteiger partial charge in [-0.3, -0.25) is 4.99 Å². The van der Waals surface area contributed by atoms with E-state index in [1.54, 1.807) is 0 Å². The quantitative estimate of drug-likeness (QED) is 0.600. The van der Waals surface area contributed by atoms with Gasteiger partial charge < -0.3 is 5.11 Å². The molecule has 0 atom stereocenters. The molecule has 3 rings (SSSR count). The summed E-state index contributed by atoms with van der Waals surface area (Å²) >= 11 is 0. The summed E-state index contributed by atoms with van der Waals surface area (Å²) in [7, 11) is 0. The van der Waals surface area contributed by atoms with E-state index in [4.69, 9.17) is 4.99 Å². The summed E-state index contributed by atoms with van der Waals surface area (Å²) in [5.41, 5.74) is 4.98. The zero-order valence-corrected chi connectivity index (χ0v) is 16.8. The first-order valence-corrected chi connectivity index (χ1v) is 10.0. The average Bonchev–Trinajstić information content (AvgIpc) is 2.67. The summed E-state index contributed by atoms with van der Waals surface area (Å²) in [4.78, 5) is 4.80. The molecule has 0 unspecified atom stereocenters. The lowest BCUT2D eigenvalue weighted by molar-refractivity contribution is 0.441. The molecule has 1 fully saturated rings. The highest BCUT2D eigenvalue weighted by atomic mass is 16.3. The lowest BCUT2D eigenvalue weighted by Gasteiger charge is -2.23. The maximum atomic E-state index is 10.9. The highest BCUT2D eigenvalue weighted by Crippen LogP contribution is 2.37. The number of aromatic hydroxyl groups is 1. The molecule has 2 heteroatoms. The Labute approximate surface area is 163 Å². The predicted molar refractivity (Wildman–Crippen MR) is 117 cm³/mol. The van der Waals surface area contributed by atoms with Gasteiger partial charge >= 0.3 is 0 Å². The van der Waals surface area contributed by atoms with E-state index in [0.717, 1.165) is 40.7 Å². The van der Waals surface area contributed by atoms with E-state index in [1.807, 2.05) is 12.3 Å². The maximum absolute atomic E-state index is 10.9.